The highest BCUT2D eigenvalue weighted by atomic mass is 15.0. The van der Waals surface area contributed by atoms with Crippen molar-refractivity contribution in [1.82, 2.24) is 14.1 Å². The van der Waals surface area contributed by atoms with Crippen LogP contribution in [0.5, 0.6) is 0 Å². The molecule has 7 aromatic rings. The molecule has 0 N–H and O–H groups in total. The zero-order valence-electron chi connectivity index (χ0n) is 31.7. The Balaban J connectivity index is 1.04. The van der Waals surface area contributed by atoms with Crippen LogP contribution in [0.3, 0.4) is 0 Å². The number of hydrogen-bond donors (Lipinski definition) is 0. The number of pyridine rings is 1. The molecule has 0 amide bonds. The predicted octanol–water partition coefficient (Wildman–Crippen LogP) is 13.5. The summed E-state index contributed by atoms with van der Waals surface area (Å²) >= 11 is 0. The van der Waals surface area contributed by atoms with E-state index in [0.29, 0.717) is 12.0 Å². The summed E-state index contributed by atoms with van der Waals surface area (Å²) in [5, 5.41) is 2.70. The van der Waals surface area contributed by atoms with Crippen LogP contribution in [0, 0.1) is 5.92 Å². The number of benzene rings is 4. The van der Waals surface area contributed by atoms with E-state index in [1.54, 1.807) is 5.57 Å². The molecular weight excluding hydrogens is 679 g/mol. The van der Waals surface area contributed by atoms with Gasteiger partial charge in [0.15, 0.2) is 0 Å². The molecule has 4 aliphatic carbocycles. The molecule has 11 rings (SSSR count). The Morgan fingerprint density at radius 3 is 2.16 bits per heavy atom. The average Bonchev–Trinajstić information content (AvgIpc) is 3.79. The fraction of sp³-hybridized carbons (Fsp3) is 0.189. The first-order valence-electron chi connectivity index (χ1n) is 20.6. The fourth-order valence-corrected chi connectivity index (χ4v) is 10.2. The van der Waals surface area contributed by atoms with Crippen LogP contribution < -0.4 is 0 Å². The lowest BCUT2D eigenvalue weighted by Gasteiger charge is -2.34. The molecule has 0 saturated heterocycles. The highest BCUT2D eigenvalue weighted by molar-refractivity contribution is 5.99. The van der Waals surface area contributed by atoms with Gasteiger partial charge in [-0.2, -0.15) is 0 Å². The number of fused-ring (bicyclic) bond motifs is 6. The Morgan fingerprint density at radius 1 is 0.571 bits per heavy atom. The molecule has 2 atom stereocenters. The number of allylic oxidation sites excluding steroid dienone is 8. The van der Waals surface area contributed by atoms with Crippen molar-refractivity contribution in [3.05, 3.63) is 186 Å². The van der Waals surface area contributed by atoms with Crippen LogP contribution in [0.25, 0.3) is 67.5 Å². The van der Waals surface area contributed by atoms with E-state index in [2.05, 4.69) is 166 Å². The van der Waals surface area contributed by atoms with Crippen LogP contribution in [0.1, 0.15) is 72.6 Å². The smallest absolute Gasteiger partial charge is 0.0538 e. The van der Waals surface area contributed by atoms with Gasteiger partial charge in [-0.25, -0.2) is 0 Å². The molecule has 0 fully saturated rings. The standard InChI is InChI=1S/C53H45N3/c1-3-12-36(13-4-1)39-16-11-17-44(31-39)55-51-21-10-8-19-47(51)49-34-40(23-25-52(49)55)41-22-24-48-46-18-7-9-20-50(46)56(53(48)35-41)45-32-42(37-14-5-2-6-15-37)30-43(33-45)38-26-28-54-29-27-38/h1-5,7-8,11-14,16-19,22-31,34-35,42,45H,6,9-10,15,20-21,32-33H2. The lowest BCUT2D eigenvalue weighted by atomic mass is 9.78. The monoisotopic (exact) mass is 723 g/mol. The van der Waals surface area contributed by atoms with Crippen molar-refractivity contribution in [3.63, 3.8) is 0 Å². The van der Waals surface area contributed by atoms with Crippen molar-refractivity contribution in [2.24, 2.45) is 5.92 Å². The summed E-state index contributed by atoms with van der Waals surface area (Å²) in [7, 11) is 0. The first-order chi connectivity index (χ1) is 27.8. The van der Waals surface area contributed by atoms with Gasteiger partial charge in [-0.05, 0) is 127 Å². The average molecular weight is 724 g/mol. The van der Waals surface area contributed by atoms with Gasteiger partial charge < -0.3 is 9.13 Å². The minimum atomic E-state index is 0.369. The number of rotatable bonds is 6. The predicted molar refractivity (Wildman–Crippen MR) is 235 cm³/mol. The molecule has 272 valence electrons. The maximum absolute atomic E-state index is 4.36. The third-order valence-corrected chi connectivity index (χ3v) is 12.8. The Bertz CT molecular complexity index is 2800. The zero-order valence-corrected chi connectivity index (χ0v) is 31.7. The van der Waals surface area contributed by atoms with Crippen LogP contribution in [0.2, 0.25) is 0 Å². The van der Waals surface area contributed by atoms with Crippen LogP contribution >= 0.6 is 0 Å². The van der Waals surface area contributed by atoms with Crippen molar-refractivity contribution in [3.8, 4) is 27.9 Å². The molecule has 0 bridgehead atoms. The quantitative estimate of drug-likeness (QED) is 0.167. The molecule has 3 heterocycles. The van der Waals surface area contributed by atoms with Gasteiger partial charge in [-0.1, -0.05) is 115 Å². The third-order valence-electron chi connectivity index (χ3n) is 12.8. The largest absolute Gasteiger partial charge is 0.341 e. The van der Waals surface area contributed by atoms with Gasteiger partial charge in [0.25, 0.3) is 0 Å². The second kappa shape index (κ2) is 13.8. The van der Waals surface area contributed by atoms with E-state index in [1.165, 1.54) is 83.4 Å². The number of aromatic nitrogens is 3. The summed E-state index contributed by atoms with van der Waals surface area (Å²) in [6.07, 6.45) is 31.6. The van der Waals surface area contributed by atoms with E-state index < -0.39 is 0 Å². The summed E-state index contributed by atoms with van der Waals surface area (Å²) < 4.78 is 5.29. The maximum atomic E-state index is 4.36. The van der Waals surface area contributed by atoms with Gasteiger partial charge in [0, 0.05) is 68.8 Å². The van der Waals surface area contributed by atoms with Gasteiger partial charge in [-0.3, -0.25) is 4.98 Å². The Hall–Kier alpha value is -6.19. The number of hydrogen-bond acceptors (Lipinski definition) is 1. The van der Waals surface area contributed by atoms with Crippen molar-refractivity contribution in [2.45, 2.75) is 57.4 Å². The molecule has 4 aromatic carbocycles. The summed E-state index contributed by atoms with van der Waals surface area (Å²) in [5.74, 6) is 0.427. The van der Waals surface area contributed by atoms with Crippen LogP contribution in [-0.4, -0.2) is 14.1 Å². The second-order valence-corrected chi connectivity index (χ2v) is 16.0. The van der Waals surface area contributed by atoms with Crippen molar-refractivity contribution >= 4 is 39.5 Å². The van der Waals surface area contributed by atoms with E-state index in [1.807, 2.05) is 12.4 Å². The molecule has 4 aliphatic rings. The van der Waals surface area contributed by atoms with Crippen molar-refractivity contribution < 1.29 is 0 Å². The van der Waals surface area contributed by atoms with E-state index in [0.717, 1.165) is 51.4 Å². The second-order valence-electron chi connectivity index (χ2n) is 16.0. The number of nitrogens with zero attached hydrogens (tertiary/aromatic N) is 3. The molecule has 56 heavy (non-hydrogen) atoms. The van der Waals surface area contributed by atoms with Gasteiger partial charge in [0.1, 0.15) is 0 Å². The zero-order chi connectivity index (χ0) is 37.0. The Kier molecular flexibility index (Phi) is 8.19. The Morgan fingerprint density at radius 2 is 1.32 bits per heavy atom. The molecule has 3 nitrogen and oxygen atoms in total. The van der Waals surface area contributed by atoms with E-state index in [-0.39, 0.29) is 0 Å². The topological polar surface area (TPSA) is 22.8 Å². The summed E-state index contributed by atoms with van der Waals surface area (Å²) in [4.78, 5) is 4.36. The lowest BCUT2D eigenvalue weighted by Crippen LogP contribution is -2.22. The molecule has 3 heteroatoms. The van der Waals surface area contributed by atoms with Gasteiger partial charge >= 0.3 is 0 Å². The van der Waals surface area contributed by atoms with Crippen molar-refractivity contribution in [1.29, 1.82) is 0 Å². The van der Waals surface area contributed by atoms with Gasteiger partial charge in [0.05, 0.1) is 5.52 Å². The van der Waals surface area contributed by atoms with E-state index in [4.69, 9.17) is 0 Å². The van der Waals surface area contributed by atoms with Crippen LogP contribution in [0.15, 0.2) is 158 Å². The first-order valence-corrected chi connectivity index (χ1v) is 20.6. The summed E-state index contributed by atoms with van der Waals surface area (Å²) in [6, 6.07) is 39.0. The minimum absolute atomic E-state index is 0.369. The Labute approximate surface area is 329 Å². The van der Waals surface area contributed by atoms with Gasteiger partial charge in [-0.15, -0.1) is 0 Å². The molecule has 0 spiro atoms. The maximum Gasteiger partial charge on any atom is 0.0538 e. The summed E-state index contributed by atoms with van der Waals surface area (Å²) in [6.45, 7) is 0. The fourth-order valence-electron chi connectivity index (χ4n) is 10.2. The van der Waals surface area contributed by atoms with E-state index >= 15 is 0 Å². The van der Waals surface area contributed by atoms with Crippen LogP contribution in [0.4, 0.5) is 0 Å². The molecule has 0 aliphatic heterocycles. The minimum Gasteiger partial charge on any atom is -0.341 e. The third kappa shape index (κ3) is 5.68. The molecule has 0 saturated carbocycles. The van der Waals surface area contributed by atoms with Crippen LogP contribution in [-0.2, 0) is 12.8 Å². The molecule has 3 aromatic heterocycles. The molecule has 0 radical (unpaired) electrons. The summed E-state index contributed by atoms with van der Waals surface area (Å²) in [5.41, 5.74) is 18.9. The normalized spacial score (nSPS) is 18.9. The SMILES string of the molecule is C1=CCCC(C2C=C(c3ccncc3)CC(n3c4c(c5ccc(-c6ccc7c(c6)c6c(n7-c7cccc(-c8ccccc8)c7)CCC=C6)cc53)C=CCC4)C2)=C1. The van der Waals surface area contributed by atoms with Gasteiger partial charge in [0.2, 0.25) is 0 Å². The highest BCUT2D eigenvalue weighted by Crippen LogP contribution is 2.46. The van der Waals surface area contributed by atoms with E-state index in [9.17, 15) is 0 Å². The lowest BCUT2D eigenvalue weighted by molar-refractivity contribution is 0.417. The van der Waals surface area contributed by atoms with Crippen molar-refractivity contribution in [2.75, 3.05) is 0 Å². The molecular formula is C53H45N3. The highest BCUT2D eigenvalue weighted by Gasteiger charge is 2.31. The first kappa shape index (κ1) is 33.2. The molecule has 2 unspecified atom stereocenters.